The van der Waals surface area contributed by atoms with Crippen LogP contribution in [0.1, 0.15) is 37.7 Å². The lowest BCUT2D eigenvalue weighted by Gasteiger charge is -2.23. The number of phenolic OH excluding ortho intramolecular Hbond substituents is 1. The molecule has 0 amide bonds. The molecule has 0 spiro atoms. The van der Waals surface area contributed by atoms with E-state index in [4.69, 9.17) is 4.74 Å². The van der Waals surface area contributed by atoms with Crippen molar-refractivity contribution in [3.05, 3.63) is 23.8 Å². The summed E-state index contributed by atoms with van der Waals surface area (Å²) in [6.07, 6.45) is 6.61. The van der Waals surface area contributed by atoms with Gasteiger partial charge in [0.15, 0.2) is 0 Å². The van der Waals surface area contributed by atoms with Gasteiger partial charge in [-0.05, 0) is 56.4 Å². The Morgan fingerprint density at radius 1 is 1.20 bits per heavy atom. The lowest BCUT2D eigenvalue weighted by atomic mass is 9.98. The molecule has 1 fully saturated rings. The molecule has 0 atom stereocenters. The van der Waals surface area contributed by atoms with Gasteiger partial charge >= 0.3 is 0 Å². The minimum atomic E-state index is 0.309. The van der Waals surface area contributed by atoms with E-state index in [1.807, 2.05) is 13.0 Å². The first kappa shape index (κ1) is 10.3. The monoisotopic (exact) mass is 206 g/mol. The molecule has 1 aliphatic rings. The van der Waals surface area contributed by atoms with E-state index < -0.39 is 0 Å². The molecular formula is C13H18O2. The zero-order chi connectivity index (χ0) is 10.7. The van der Waals surface area contributed by atoms with Crippen LogP contribution in [0.4, 0.5) is 0 Å². The largest absolute Gasteiger partial charge is 0.508 e. The minimum Gasteiger partial charge on any atom is -0.508 e. The molecule has 0 saturated heterocycles. The molecular weight excluding hydrogens is 188 g/mol. The Kier molecular flexibility index (Phi) is 3.14. The Hall–Kier alpha value is -1.18. The summed E-state index contributed by atoms with van der Waals surface area (Å²) in [7, 11) is 0. The fraction of sp³-hybridized carbons (Fsp3) is 0.538. The van der Waals surface area contributed by atoms with Gasteiger partial charge in [-0.3, -0.25) is 0 Å². The van der Waals surface area contributed by atoms with Gasteiger partial charge < -0.3 is 9.84 Å². The summed E-state index contributed by atoms with van der Waals surface area (Å²) in [6, 6.07) is 5.29. The van der Waals surface area contributed by atoms with Gasteiger partial charge in [0, 0.05) is 0 Å². The van der Waals surface area contributed by atoms with E-state index in [1.54, 1.807) is 12.1 Å². The van der Waals surface area contributed by atoms with E-state index >= 15 is 0 Å². The van der Waals surface area contributed by atoms with Crippen molar-refractivity contribution >= 4 is 0 Å². The maximum absolute atomic E-state index is 9.29. The zero-order valence-corrected chi connectivity index (χ0v) is 9.20. The van der Waals surface area contributed by atoms with Crippen LogP contribution < -0.4 is 4.74 Å². The van der Waals surface area contributed by atoms with Crippen LogP contribution in [0.15, 0.2) is 18.2 Å². The van der Waals surface area contributed by atoms with Gasteiger partial charge in [0.05, 0.1) is 6.10 Å². The Morgan fingerprint density at radius 3 is 2.60 bits per heavy atom. The summed E-state index contributed by atoms with van der Waals surface area (Å²) in [5.41, 5.74) is 1.01. The first-order chi connectivity index (χ1) is 7.25. The van der Waals surface area contributed by atoms with Gasteiger partial charge in [-0.15, -0.1) is 0 Å². The zero-order valence-electron chi connectivity index (χ0n) is 9.20. The topological polar surface area (TPSA) is 29.5 Å². The average Bonchev–Trinajstić information content (AvgIpc) is 2.24. The summed E-state index contributed by atoms with van der Waals surface area (Å²) in [5, 5.41) is 9.29. The highest BCUT2D eigenvalue weighted by Gasteiger charge is 2.15. The van der Waals surface area contributed by atoms with Crippen molar-refractivity contribution in [2.75, 3.05) is 0 Å². The van der Waals surface area contributed by atoms with Gasteiger partial charge in [-0.1, -0.05) is 6.42 Å². The summed E-state index contributed by atoms with van der Waals surface area (Å²) in [6.45, 7) is 1.97. The number of phenols is 1. The third-order valence-corrected chi connectivity index (χ3v) is 3.00. The average molecular weight is 206 g/mol. The highest BCUT2D eigenvalue weighted by atomic mass is 16.5. The molecule has 0 aromatic heterocycles. The fourth-order valence-corrected chi connectivity index (χ4v) is 2.13. The molecule has 1 N–H and O–H groups in total. The molecule has 0 radical (unpaired) electrons. The summed E-state index contributed by atoms with van der Waals surface area (Å²) < 4.78 is 5.93. The number of ether oxygens (including phenoxy) is 1. The molecule has 1 aliphatic carbocycles. The Bertz CT molecular complexity index is 327. The predicted molar refractivity (Wildman–Crippen MR) is 60.3 cm³/mol. The number of aryl methyl sites for hydroxylation is 1. The van der Waals surface area contributed by atoms with Crippen molar-refractivity contribution in [3.63, 3.8) is 0 Å². The van der Waals surface area contributed by atoms with Crippen LogP contribution in [0.5, 0.6) is 11.5 Å². The van der Waals surface area contributed by atoms with Crippen molar-refractivity contribution in [2.45, 2.75) is 45.1 Å². The smallest absolute Gasteiger partial charge is 0.122 e. The molecule has 0 heterocycles. The second kappa shape index (κ2) is 4.56. The maximum Gasteiger partial charge on any atom is 0.122 e. The number of benzene rings is 1. The number of aromatic hydroxyl groups is 1. The molecule has 2 heteroatoms. The lowest BCUT2D eigenvalue weighted by molar-refractivity contribution is 0.154. The van der Waals surface area contributed by atoms with E-state index in [9.17, 15) is 5.11 Å². The van der Waals surface area contributed by atoms with Crippen LogP contribution in [-0.2, 0) is 0 Å². The number of hydrogen-bond acceptors (Lipinski definition) is 2. The summed E-state index contributed by atoms with van der Waals surface area (Å²) in [4.78, 5) is 0. The Balaban J connectivity index is 2.03. The van der Waals surface area contributed by atoms with Gasteiger partial charge in [0.25, 0.3) is 0 Å². The number of rotatable bonds is 2. The third-order valence-electron chi connectivity index (χ3n) is 3.00. The minimum absolute atomic E-state index is 0.309. The van der Waals surface area contributed by atoms with Crippen molar-refractivity contribution in [1.82, 2.24) is 0 Å². The van der Waals surface area contributed by atoms with Crippen LogP contribution in [-0.4, -0.2) is 11.2 Å². The second-order valence-corrected chi connectivity index (χ2v) is 4.33. The molecule has 2 nitrogen and oxygen atoms in total. The first-order valence-corrected chi connectivity index (χ1v) is 5.72. The van der Waals surface area contributed by atoms with Gasteiger partial charge in [-0.25, -0.2) is 0 Å². The predicted octanol–water partition coefficient (Wildman–Crippen LogP) is 3.41. The molecule has 0 aliphatic heterocycles. The van der Waals surface area contributed by atoms with Gasteiger partial charge in [0.1, 0.15) is 11.5 Å². The number of hydrogen-bond donors (Lipinski definition) is 1. The van der Waals surface area contributed by atoms with Gasteiger partial charge in [0.2, 0.25) is 0 Å². The van der Waals surface area contributed by atoms with Crippen molar-refractivity contribution in [1.29, 1.82) is 0 Å². The van der Waals surface area contributed by atoms with Crippen LogP contribution in [0.3, 0.4) is 0 Å². The van der Waals surface area contributed by atoms with Crippen molar-refractivity contribution in [2.24, 2.45) is 0 Å². The Labute approximate surface area is 90.9 Å². The molecule has 1 aromatic carbocycles. The van der Waals surface area contributed by atoms with Gasteiger partial charge in [-0.2, -0.15) is 0 Å². The van der Waals surface area contributed by atoms with Crippen LogP contribution in [0.2, 0.25) is 0 Å². The quantitative estimate of drug-likeness (QED) is 0.803. The maximum atomic E-state index is 9.29. The van der Waals surface area contributed by atoms with Crippen molar-refractivity contribution < 1.29 is 9.84 Å². The second-order valence-electron chi connectivity index (χ2n) is 4.33. The van der Waals surface area contributed by atoms with Crippen LogP contribution >= 0.6 is 0 Å². The highest BCUT2D eigenvalue weighted by molar-refractivity contribution is 5.38. The van der Waals surface area contributed by atoms with E-state index in [0.717, 1.165) is 11.3 Å². The molecule has 82 valence electrons. The normalized spacial score (nSPS) is 17.7. The van der Waals surface area contributed by atoms with Crippen LogP contribution in [0, 0.1) is 6.92 Å². The molecule has 0 bridgehead atoms. The van der Waals surface area contributed by atoms with E-state index in [-0.39, 0.29) is 0 Å². The fourth-order valence-electron chi connectivity index (χ4n) is 2.13. The highest BCUT2D eigenvalue weighted by Crippen LogP contribution is 2.27. The third kappa shape index (κ3) is 2.65. The van der Waals surface area contributed by atoms with E-state index in [0.29, 0.717) is 11.9 Å². The van der Waals surface area contributed by atoms with E-state index in [2.05, 4.69) is 0 Å². The van der Waals surface area contributed by atoms with Crippen molar-refractivity contribution in [3.8, 4) is 11.5 Å². The molecule has 2 rings (SSSR count). The first-order valence-electron chi connectivity index (χ1n) is 5.72. The van der Waals surface area contributed by atoms with E-state index in [1.165, 1.54) is 32.1 Å². The SMILES string of the molecule is Cc1cc(O)ccc1OC1CCCCC1. The lowest BCUT2D eigenvalue weighted by Crippen LogP contribution is -2.19. The molecule has 1 aromatic rings. The summed E-state index contributed by atoms with van der Waals surface area (Å²) >= 11 is 0. The molecule has 15 heavy (non-hydrogen) atoms. The summed E-state index contributed by atoms with van der Waals surface area (Å²) in [5.74, 6) is 1.23. The van der Waals surface area contributed by atoms with Crippen LogP contribution in [0.25, 0.3) is 0 Å². The standard InChI is InChI=1S/C13H18O2/c1-10-9-11(14)7-8-13(10)15-12-5-3-2-4-6-12/h7-9,12,14H,2-6H2,1H3. The Morgan fingerprint density at radius 2 is 1.93 bits per heavy atom. The molecule has 0 unspecified atom stereocenters. The molecule has 1 saturated carbocycles.